The van der Waals surface area contributed by atoms with E-state index in [0.29, 0.717) is 12.9 Å². The number of hydrogen-bond acceptors (Lipinski definition) is 4. The van der Waals surface area contributed by atoms with Crippen LogP contribution in [-0.2, 0) is 9.47 Å². The molecular weight excluding hydrogens is 192 g/mol. The van der Waals surface area contributed by atoms with E-state index in [1.807, 2.05) is 0 Å². The van der Waals surface area contributed by atoms with Gasteiger partial charge in [0.15, 0.2) is 0 Å². The highest BCUT2D eigenvalue weighted by Crippen LogP contribution is 2.12. The lowest BCUT2D eigenvalue weighted by Gasteiger charge is -2.40. The summed E-state index contributed by atoms with van der Waals surface area (Å²) in [5.41, 5.74) is 0. The molecular formula is C11H22N2O2. The van der Waals surface area contributed by atoms with E-state index in [1.165, 1.54) is 13.0 Å². The lowest BCUT2D eigenvalue weighted by molar-refractivity contribution is -0.147. The fourth-order valence-corrected chi connectivity index (χ4v) is 2.15. The summed E-state index contributed by atoms with van der Waals surface area (Å²) < 4.78 is 10.8. The summed E-state index contributed by atoms with van der Waals surface area (Å²) in [6, 6.07) is 0.733. The lowest BCUT2D eigenvalue weighted by atomic mass is 10.1. The van der Waals surface area contributed by atoms with Gasteiger partial charge in [-0.3, -0.25) is 4.90 Å². The van der Waals surface area contributed by atoms with Crippen molar-refractivity contribution in [2.45, 2.75) is 31.9 Å². The van der Waals surface area contributed by atoms with E-state index in [4.69, 9.17) is 9.47 Å². The first kappa shape index (κ1) is 11.3. The van der Waals surface area contributed by atoms with Crippen LogP contribution in [0.5, 0.6) is 0 Å². The SMILES string of the molecule is CCCN(CC1CCOCO1)C1CNC1. The highest BCUT2D eigenvalue weighted by Gasteiger charge is 2.27. The van der Waals surface area contributed by atoms with Crippen molar-refractivity contribution < 1.29 is 9.47 Å². The van der Waals surface area contributed by atoms with Crippen LogP contribution in [0.3, 0.4) is 0 Å². The molecule has 88 valence electrons. The maximum absolute atomic E-state index is 5.59. The van der Waals surface area contributed by atoms with Gasteiger partial charge in [0.2, 0.25) is 0 Å². The van der Waals surface area contributed by atoms with Gasteiger partial charge in [0.25, 0.3) is 0 Å². The van der Waals surface area contributed by atoms with Crippen molar-refractivity contribution in [1.29, 1.82) is 0 Å². The third-order valence-corrected chi connectivity index (χ3v) is 3.20. The molecule has 2 aliphatic rings. The van der Waals surface area contributed by atoms with Crippen molar-refractivity contribution in [3.63, 3.8) is 0 Å². The zero-order valence-electron chi connectivity index (χ0n) is 9.58. The lowest BCUT2D eigenvalue weighted by Crippen LogP contribution is -2.59. The Morgan fingerprint density at radius 2 is 2.27 bits per heavy atom. The summed E-state index contributed by atoms with van der Waals surface area (Å²) in [6.07, 6.45) is 2.64. The van der Waals surface area contributed by atoms with E-state index < -0.39 is 0 Å². The molecule has 0 aromatic rings. The first-order valence-corrected chi connectivity index (χ1v) is 6.04. The molecule has 2 aliphatic heterocycles. The Morgan fingerprint density at radius 1 is 1.40 bits per heavy atom. The zero-order valence-corrected chi connectivity index (χ0v) is 9.58. The Balaban J connectivity index is 1.76. The Labute approximate surface area is 91.9 Å². The van der Waals surface area contributed by atoms with Crippen molar-refractivity contribution in [3.05, 3.63) is 0 Å². The van der Waals surface area contributed by atoms with E-state index in [2.05, 4.69) is 17.1 Å². The first-order chi connectivity index (χ1) is 7.40. The van der Waals surface area contributed by atoms with Crippen LogP contribution >= 0.6 is 0 Å². The molecule has 1 unspecified atom stereocenters. The second kappa shape index (κ2) is 5.80. The van der Waals surface area contributed by atoms with Gasteiger partial charge >= 0.3 is 0 Å². The first-order valence-electron chi connectivity index (χ1n) is 6.04. The summed E-state index contributed by atoms with van der Waals surface area (Å²) in [7, 11) is 0. The van der Waals surface area contributed by atoms with Crippen LogP contribution in [-0.4, -0.2) is 56.6 Å². The van der Waals surface area contributed by atoms with Crippen LogP contribution in [0.4, 0.5) is 0 Å². The number of hydrogen-bond donors (Lipinski definition) is 1. The van der Waals surface area contributed by atoms with Gasteiger partial charge in [-0.1, -0.05) is 6.92 Å². The predicted octanol–water partition coefficient (Wildman–Crippen LogP) is 0.433. The second-order valence-corrected chi connectivity index (χ2v) is 4.41. The number of nitrogens with zero attached hydrogens (tertiary/aromatic N) is 1. The van der Waals surface area contributed by atoms with Gasteiger partial charge in [-0.15, -0.1) is 0 Å². The van der Waals surface area contributed by atoms with Crippen molar-refractivity contribution in [2.75, 3.05) is 39.6 Å². The number of rotatable bonds is 5. The number of ether oxygens (including phenoxy) is 2. The molecule has 0 saturated carbocycles. The molecule has 1 N–H and O–H groups in total. The van der Waals surface area contributed by atoms with Crippen molar-refractivity contribution in [2.24, 2.45) is 0 Å². The summed E-state index contributed by atoms with van der Waals surface area (Å²) in [6.45, 7) is 8.12. The fourth-order valence-electron chi connectivity index (χ4n) is 2.15. The zero-order chi connectivity index (χ0) is 10.5. The Kier molecular flexibility index (Phi) is 4.38. The molecule has 2 rings (SSSR count). The van der Waals surface area contributed by atoms with Gasteiger partial charge in [-0.25, -0.2) is 0 Å². The standard InChI is InChI=1S/C11H22N2O2/c1-2-4-13(10-6-12-7-10)8-11-3-5-14-9-15-11/h10-12H,2-9H2,1H3. The fraction of sp³-hybridized carbons (Fsp3) is 1.00. The minimum Gasteiger partial charge on any atom is -0.355 e. The highest BCUT2D eigenvalue weighted by molar-refractivity contribution is 4.85. The molecule has 2 saturated heterocycles. The molecule has 4 heteroatoms. The number of nitrogens with one attached hydrogen (secondary N) is 1. The normalized spacial score (nSPS) is 28.0. The smallest absolute Gasteiger partial charge is 0.147 e. The topological polar surface area (TPSA) is 33.7 Å². The van der Waals surface area contributed by atoms with Crippen LogP contribution in [0.15, 0.2) is 0 Å². The van der Waals surface area contributed by atoms with Gasteiger partial charge in [-0.2, -0.15) is 0 Å². The Hall–Kier alpha value is -0.160. The van der Waals surface area contributed by atoms with E-state index in [1.54, 1.807) is 0 Å². The molecule has 1 atom stereocenters. The molecule has 0 radical (unpaired) electrons. The second-order valence-electron chi connectivity index (χ2n) is 4.41. The van der Waals surface area contributed by atoms with Gasteiger partial charge in [0.05, 0.1) is 12.7 Å². The molecule has 0 bridgehead atoms. The molecule has 0 amide bonds. The van der Waals surface area contributed by atoms with Crippen molar-refractivity contribution in [1.82, 2.24) is 10.2 Å². The molecule has 0 aromatic carbocycles. The van der Waals surface area contributed by atoms with Crippen LogP contribution in [0, 0.1) is 0 Å². The molecule has 2 fully saturated rings. The molecule has 15 heavy (non-hydrogen) atoms. The summed E-state index contributed by atoms with van der Waals surface area (Å²) in [4.78, 5) is 2.56. The van der Waals surface area contributed by atoms with E-state index in [0.717, 1.165) is 38.7 Å². The van der Waals surface area contributed by atoms with Gasteiger partial charge in [-0.05, 0) is 19.4 Å². The minimum atomic E-state index is 0.380. The quantitative estimate of drug-likeness (QED) is 0.720. The van der Waals surface area contributed by atoms with E-state index in [-0.39, 0.29) is 0 Å². The average molecular weight is 214 g/mol. The maximum Gasteiger partial charge on any atom is 0.147 e. The van der Waals surface area contributed by atoms with Crippen molar-refractivity contribution in [3.8, 4) is 0 Å². The largest absolute Gasteiger partial charge is 0.355 e. The van der Waals surface area contributed by atoms with E-state index >= 15 is 0 Å². The van der Waals surface area contributed by atoms with Crippen LogP contribution in [0.25, 0.3) is 0 Å². The molecule has 0 aromatic heterocycles. The molecule has 4 nitrogen and oxygen atoms in total. The predicted molar refractivity (Wildman–Crippen MR) is 58.8 cm³/mol. The summed E-state index contributed by atoms with van der Waals surface area (Å²) in [5.74, 6) is 0. The van der Waals surface area contributed by atoms with Crippen LogP contribution in [0.2, 0.25) is 0 Å². The summed E-state index contributed by atoms with van der Waals surface area (Å²) in [5, 5.41) is 3.33. The molecule has 0 aliphatic carbocycles. The van der Waals surface area contributed by atoms with E-state index in [9.17, 15) is 0 Å². The minimum absolute atomic E-state index is 0.380. The Morgan fingerprint density at radius 3 is 2.80 bits per heavy atom. The monoisotopic (exact) mass is 214 g/mol. The molecule has 2 heterocycles. The van der Waals surface area contributed by atoms with Crippen molar-refractivity contribution >= 4 is 0 Å². The third-order valence-electron chi connectivity index (χ3n) is 3.20. The highest BCUT2D eigenvalue weighted by atomic mass is 16.7. The summed E-state index contributed by atoms with van der Waals surface area (Å²) >= 11 is 0. The van der Waals surface area contributed by atoms with Crippen LogP contribution < -0.4 is 5.32 Å². The van der Waals surface area contributed by atoms with Gasteiger partial charge < -0.3 is 14.8 Å². The molecule has 0 spiro atoms. The van der Waals surface area contributed by atoms with Gasteiger partial charge in [0, 0.05) is 25.7 Å². The average Bonchev–Trinajstić information content (AvgIpc) is 2.17. The Bertz CT molecular complexity index is 179. The van der Waals surface area contributed by atoms with Crippen LogP contribution in [0.1, 0.15) is 19.8 Å². The third kappa shape index (κ3) is 3.14. The maximum atomic E-state index is 5.59. The van der Waals surface area contributed by atoms with Gasteiger partial charge in [0.1, 0.15) is 6.79 Å².